The molecule has 1 unspecified atom stereocenters. The Morgan fingerprint density at radius 3 is 2.09 bits per heavy atom. The second-order valence-electron chi connectivity index (χ2n) is 9.67. The molecule has 0 spiro atoms. The Bertz CT molecular complexity index is 985. The first-order valence-corrected chi connectivity index (χ1v) is 11.7. The molecule has 0 aromatic heterocycles. The summed E-state index contributed by atoms with van der Waals surface area (Å²) in [6, 6.07) is 14.6. The molecule has 0 N–H and O–H groups in total. The average molecular weight is 501 g/mol. The van der Waals surface area contributed by atoms with Crippen LogP contribution in [0.25, 0.3) is 0 Å². The van der Waals surface area contributed by atoms with Gasteiger partial charge in [0.15, 0.2) is 0 Å². The van der Waals surface area contributed by atoms with E-state index in [1.165, 1.54) is 0 Å². The Morgan fingerprint density at radius 2 is 1.53 bits per heavy atom. The highest BCUT2D eigenvalue weighted by molar-refractivity contribution is 9.10. The van der Waals surface area contributed by atoms with Crippen LogP contribution in [0.1, 0.15) is 79.3 Å². The normalized spacial score (nSPS) is 21.0. The van der Waals surface area contributed by atoms with Gasteiger partial charge in [-0.2, -0.15) is 5.06 Å². The van der Waals surface area contributed by atoms with Crippen molar-refractivity contribution in [3.8, 4) is 0 Å². The van der Waals surface area contributed by atoms with E-state index < -0.39 is 17.9 Å². The Hall–Kier alpha value is -2.06. The lowest BCUT2D eigenvalue weighted by Gasteiger charge is -2.52. The van der Waals surface area contributed by atoms with Crippen LogP contribution < -0.4 is 0 Å². The number of carbonyl (C=O) groups is 2. The molecule has 0 aliphatic carbocycles. The fourth-order valence-electron chi connectivity index (χ4n) is 4.71. The molecule has 2 aromatic rings. The molecule has 2 aromatic carbocycles. The Morgan fingerprint density at radius 1 is 0.938 bits per heavy atom. The fraction of sp³-hybridized carbons (Fsp3) is 0.440. The number of hydrogen-bond donors (Lipinski definition) is 0. The van der Waals surface area contributed by atoms with E-state index in [4.69, 9.17) is 9.68 Å². The molecule has 0 bridgehead atoms. The van der Waals surface area contributed by atoms with Crippen molar-refractivity contribution < 1.29 is 19.3 Å². The summed E-state index contributed by atoms with van der Waals surface area (Å²) >= 11 is 3.53. The van der Waals surface area contributed by atoms with Crippen molar-refractivity contribution in [3.05, 3.63) is 69.7 Å². The molecule has 0 radical (unpaired) electrons. The minimum absolute atomic E-state index is 0.0184. The minimum atomic E-state index is -0.506. The summed E-state index contributed by atoms with van der Waals surface area (Å²) < 4.78 is 0.918. The van der Waals surface area contributed by atoms with Crippen LogP contribution in [0.3, 0.4) is 0 Å². The van der Waals surface area contributed by atoms with Crippen molar-refractivity contribution in [1.82, 2.24) is 10.1 Å². The zero-order valence-electron chi connectivity index (χ0n) is 18.9. The quantitative estimate of drug-likeness (QED) is 0.476. The van der Waals surface area contributed by atoms with Gasteiger partial charge in [-0.05, 0) is 76.8 Å². The molecule has 2 heterocycles. The van der Waals surface area contributed by atoms with E-state index in [2.05, 4.69) is 48.7 Å². The second kappa shape index (κ2) is 8.71. The van der Waals surface area contributed by atoms with Crippen LogP contribution >= 0.6 is 15.9 Å². The van der Waals surface area contributed by atoms with Crippen LogP contribution in [0.5, 0.6) is 0 Å². The van der Waals surface area contributed by atoms with Gasteiger partial charge in [0.2, 0.25) is 0 Å². The summed E-state index contributed by atoms with van der Waals surface area (Å²) in [7, 11) is 0. The zero-order valence-corrected chi connectivity index (χ0v) is 20.5. The topological polar surface area (TPSA) is 59.1 Å². The largest absolute Gasteiger partial charge is 0.287 e. The predicted octanol–water partition coefficient (Wildman–Crippen LogP) is 5.69. The number of hydroxylamine groups is 4. The molecule has 4 rings (SSSR count). The minimum Gasteiger partial charge on any atom is -0.287 e. The predicted molar refractivity (Wildman–Crippen MR) is 125 cm³/mol. The molecular weight excluding hydrogens is 472 g/mol. The first-order valence-electron chi connectivity index (χ1n) is 10.9. The molecule has 1 saturated heterocycles. The van der Waals surface area contributed by atoms with E-state index in [1.807, 2.05) is 24.3 Å². The highest BCUT2D eigenvalue weighted by Gasteiger charge is 2.44. The number of fused-ring (bicyclic) bond motifs is 1. The van der Waals surface area contributed by atoms with Gasteiger partial charge < -0.3 is 0 Å². The number of nitrogens with zero attached hydrogens (tertiary/aromatic N) is 2. The maximum absolute atomic E-state index is 12.7. The summed E-state index contributed by atoms with van der Waals surface area (Å²) in [5.41, 5.74) is 1.28. The van der Waals surface area contributed by atoms with Crippen LogP contribution in [0.15, 0.2) is 53.0 Å². The second-order valence-corrected chi connectivity index (χ2v) is 10.6. The highest BCUT2D eigenvalue weighted by atomic mass is 79.9. The zero-order chi connectivity index (χ0) is 23.1. The van der Waals surface area contributed by atoms with Crippen LogP contribution in [0.4, 0.5) is 0 Å². The molecule has 0 saturated carbocycles. The van der Waals surface area contributed by atoms with E-state index >= 15 is 0 Å². The van der Waals surface area contributed by atoms with Crippen LogP contribution in [0, 0.1) is 0 Å². The fourth-order valence-corrected chi connectivity index (χ4v) is 5.13. The van der Waals surface area contributed by atoms with Crippen LogP contribution in [-0.4, -0.2) is 39.6 Å². The van der Waals surface area contributed by atoms with Gasteiger partial charge in [-0.25, -0.2) is 0 Å². The molecule has 1 atom stereocenters. The maximum Gasteiger partial charge on any atom is 0.285 e. The Labute approximate surface area is 197 Å². The summed E-state index contributed by atoms with van der Waals surface area (Å²) in [5.74, 6) is -0.894. The third-order valence-corrected chi connectivity index (χ3v) is 6.73. The third kappa shape index (κ3) is 4.39. The Kier molecular flexibility index (Phi) is 6.29. The number of carbonyl (C=O) groups excluding carboxylic acids is 2. The number of halogens is 1. The first kappa shape index (κ1) is 23.1. The van der Waals surface area contributed by atoms with Gasteiger partial charge in [-0.3, -0.25) is 19.3 Å². The van der Waals surface area contributed by atoms with E-state index in [-0.39, 0.29) is 17.7 Å². The molecule has 32 heavy (non-hydrogen) atoms. The van der Waals surface area contributed by atoms with Gasteiger partial charge in [0.25, 0.3) is 11.8 Å². The van der Waals surface area contributed by atoms with E-state index in [0.717, 1.165) is 34.4 Å². The molecule has 2 aliphatic heterocycles. The van der Waals surface area contributed by atoms with Gasteiger partial charge in [-0.15, -0.1) is 5.06 Å². The SMILES string of the molecule is CC1(C)CCCC(C)(C)N1OC(CON1C(=O)c2ccccc2C1=O)c1cccc(Br)c1. The van der Waals surface area contributed by atoms with Gasteiger partial charge in [0.1, 0.15) is 12.7 Å². The van der Waals surface area contributed by atoms with Crippen LogP contribution in [-0.2, 0) is 9.68 Å². The number of rotatable bonds is 6. The van der Waals surface area contributed by atoms with E-state index in [9.17, 15) is 9.59 Å². The third-order valence-electron chi connectivity index (χ3n) is 6.24. The number of imide groups is 1. The van der Waals surface area contributed by atoms with Crippen molar-refractivity contribution in [3.63, 3.8) is 0 Å². The lowest BCUT2D eigenvalue weighted by molar-refractivity contribution is -0.318. The smallest absolute Gasteiger partial charge is 0.285 e. The van der Waals surface area contributed by atoms with Gasteiger partial charge in [0, 0.05) is 15.6 Å². The molecule has 2 aliphatic rings. The molecular formula is C25H29BrN2O4. The number of benzene rings is 2. The maximum atomic E-state index is 12.7. The van der Waals surface area contributed by atoms with Crippen molar-refractivity contribution in [1.29, 1.82) is 0 Å². The Balaban J connectivity index is 1.59. The van der Waals surface area contributed by atoms with E-state index in [0.29, 0.717) is 11.1 Å². The highest BCUT2D eigenvalue weighted by Crippen LogP contribution is 2.41. The average Bonchev–Trinajstić information content (AvgIpc) is 2.97. The first-order chi connectivity index (χ1) is 15.1. The van der Waals surface area contributed by atoms with Gasteiger partial charge >= 0.3 is 0 Å². The van der Waals surface area contributed by atoms with Crippen LogP contribution in [0.2, 0.25) is 0 Å². The standard InChI is InChI=1S/C25H29BrN2O4/c1-24(2)13-8-14-25(3,4)28(24)32-21(17-9-7-10-18(26)15-17)16-31-27-22(29)19-11-5-6-12-20(19)23(27)30/h5-7,9-12,15,21H,8,13-14,16H2,1-4H3. The summed E-state index contributed by atoms with van der Waals surface area (Å²) in [6.45, 7) is 8.73. The lowest BCUT2D eigenvalue weighted by atomic mass is 9.82. The van der Waals surface area contributed by atoms with Crippen molar-refractivity contribution in [2.75, 3.05) is 6.61 Å². The molecule has 6 nitrogen and oxygen atoms in total. The van der Waals surface area contributed by atoms with Crippen molar-refractivity contribution in [2.24, 2.45) is 0 Å². The van der Waals surface area contributed by atoms with E-state index in [1.54, 1.807) is 24.3 Å². The van der Waals surface area contributed by atoms with Gasteiger partial charge in [-0.1, -0.05) is 40.2 Å². The number of amides is 2. The van der Waals surface area contributed by atoms with Gasteiger partial charge in [0.05, 0.1) is 11.1 Å². The molecule has 2 amide bonds. The monoisotopic (exact) mass is 500 g/mol. The molecule has 170 valence electrons. The summed E-state index contributed by atoms with van der Waals surface area (Å²) in [6.07, 6.45) is 2.66. The molecule has 1 fully saturated rings. The lowest BCUT2D eigenvalue weighted by Crippen LogP contribution is -2.58. The summed E-state index contributed by atoms with van der Waals surface area (Å²) in [5, 5.41) is 2.92. The summed E-state index contributed by atoms with van der Waals surface area (Å²) in [4.78, 5) is 37.9. The number of piperidine rings is 1. The van der Waals surface area contributed by atoms with Crippen molar-refractivity contribution in [2.45, 2.75) is 64.1 Å². The van der Waals surface area contributed by atoms with Crippen molar-refractivity contribution >= 4 is 27.7 Å². The molecule has 7 heteroatoms. The number of hydrogen-bond acceptors (Lipinski definition) is 5.